The summed E-state index contributed by atoms with van der Waals surface area (Å²) >= 11 is 0. The van der Waals surface area contributed by atoms with E-state index >= 15 is 0 Å². The summed E-state index contributed by atoms with van der Waals surface area (Å²) in [7, 11) is 2.08. The minimum absolute atomic E-state index is 0.0393. The molecule has 1 amide bonds. The summed E-state index contributed by atoms with van der Waals surface area (Å²) in [5.74, 6) is -0.176. The predicted molar refractivity (Wildman–Crippen MR) is 89.7 cm³/mol. The molecule has 0 spiro atoms. The highest BCUT2D eigenvalue weighted by atomic mass is 16.3. The van der Waals surface area contributed by atoms with E-state index in [9.17, 15) is 9.90 Å². The average molecular weight is 305 g/mol. The standard InChI is InChI=1S/C17H27N3O2/c1-4-20(5-2)14-8-9-15(16(21)12-14)17(22)18-10-11-19(3)13-6-7-13/h8-9,12-13,21H,4-7,10-11H2,1-3H3,(H,18,22). The van der Waals surface area contributed by atoms with Crippen molar-refractivity contribution in [3.63, 3.8) is 0 Å². The Bertz CT molecular complexity index is 511. The molecule has 1 aliphatic rings. The highest BCUT2D eigenvalue weighted by Gasteiger charge is 2.25. The topological polar surface area (TPSA) is 55.8 Å². The maximum absolute atomic E-state index is 12.1. The smallest absolute Gasteiger partial charge is 0.255 e. The third-order valence-corrected chi connectivity index (χ3v) is 4.27. The Morgan fingerprint density at radius 3 is 2.55 bits per heavy atom. The number of phenols is 1. The first-order chi connectivity index (χ1) is 10.6. The first kappa shape index (κ1) is 16.6. The third kappa shape index (κ3) is 4.13. The second kappa shape index (κ2) is 7.49. The van der Waals surface area contributed by atoms with Gasteiger partial charge in [-0.15, -0.1) is 0 Å². The zero-order valence-corrected chi connectivity index (χ0v) is 13.8. The fraction of sp³-hybridized carbons (Fsp3) is 0.588. The molecule has 1 aromatic rings. The van der Waals surface area contributed by atoms with Crippen LogP contribution in [0.3, 0.4) is 0 Å². The molecule has 122 valence electrons. The highest BCUT2D eigenvalue weighted by Crippen LogP contribution is 2.25. The number of nitrogens with zero attached hydrogens (tertiary/aromatic N) is 2. The van der Waals surface area contributed by atoms with E-state index in [1.54, 1.807) is 12.1 Å². The first-order valence-corrected chi connectivity index (χ1v) is 8.13. The zero-order valence-electron chi connectivity index (χ0n) is 13.8. The van der Waals surface area contributed by atoms with Crippen molar-refractivity contribution >= 4 is 11.6 Å². The normalized spacial score (nSPS) is 14.2. The molecule has 0 radical (unpaired) electrons. The van der Waals surface area contributed by atoms with Crippen LogP contribution in [0.25, 0.3) is 0 Å². The molecule has 0 unspecified atom stereocenters. The van der Waals surface area contributed by atoms with E-state index in [1.165, 1.54) is 12.8 Å². The summed E-state index contributed by atoms with van der Waals surface area (Å²) in [6.45, 7) is 7.32. The van der Waals surface area contributed by atoms with Gasteiger partial charge < -0.3 is 20.2 Å². The Balaban J connectivity index is 1.91. The second-order valence-corrected chi connectivity index (χ2v) is 5.84. The van der Waals surface area contributed by atoms with Crippen molar-refractivity contribution in [2.45, 2.75) is 32.7 Å². The van der Waals surface area contributed by atoms with Gasteiger partial charge in [0.1, 0.15) is 5.75 Å². The van der Waals surface area contributed by atoms with Gasteiger partial charge in [-0.25, -0.2) is 0 Å². The van der Waals surface area contributed by atoms with Gasteiger partial charge in [-0.05, 0) is 45.9 Å². The second-order valence-electron chi connectivity index (χ2n) is 5.84. The molecule has 5 heteroatoms. The third-order valence-electron chi connectivity index (χ3n) is 4.27. The van der Waals surface area contributed by atoms with Gasteiger partial charge in [0.05, 0.1) is 5.56 Å². The fourth-order valence-corrected chi connectivity index (χ4v) is 2.64. The zero-order chi connectivity index (χ0) is 16.1. The van der Waals surface area contributed by atoms with Crippen LogP contribution in [-0.2, 0) is 0 Å². The van der Waals surface area contributed by atoms with E-state index in [0.717, 1.165) is 25.3 Å². The number of hydrogen-bond donors (Lipinski definition) is 2. The molecule has 1 aliphatic carbocycles. The number of rotatable bonds is 8. The lowest BCUT2D eigenvalue weighted by Crippen LogP contribution is -2.34. The maximum atomic E-state index is 12.1. The lowest BCUT2D eigenvalue weighted by atomic mass is 10.1. The molecule has 22 heavy (non-hydrogen) atoms. The van der Waals surface area contributed by atoms with Crippen LogP contribution in [0.2, 0.25) is 0 Å². The molecule has 0 aromatic heterocycles. The highest BCUT2D eigenvalue weighted by molar-refractivity contribution is 5.97. The number of aromatic hydroxyl groups is 1. The molecule has 0 heterocycles. The molecule has 1 aromatic carbocycles. The monoisotopic (exact) mass is 305 g/mol. The maximum Gasteiger partial charge on any atom is 0.255 e. The summed E-state index contributed by atoms with van der Waals surface area (Å²) in [4.78, 5) is 16.5. The molecule has 1 saturated carbocycles. The summed E-state index contributed by atoms with van der Waals surface area (Å²) in [5, 5.41) is 13.0. The molecular formula is C17H27N3O2. The van der Waals surface area contributed by atoms with Crippen molar-refractivity contribution < 1.29 is 9.90 Å². The Morgan fingerprint density at radius 2 is 2.00 bits per heavy atom. The van der Waals surface area contributed by atoms with Crippen molar-refractivity contribution in [2.75, 3.05) is 38.1 Å². The number of amides is 1. The Labute approximate surface area is 132 Å². The van der Waals surface area contributed by atoms with E-state index in [-0.39, 0.29) is 11.7 Å². The van der Waals surface area contributed by atoms with Gasteiger partial charge in [0.2, 0.25) is 0 Å². The van der Waals surface area contributed by atoms with E-state index in [1.807, 2.05) is 6.07 Å². The van der Waals surface area contributed by atoms with Crippen molar-refractivity contribution in [3.05, 3.63) is 23.8 Å². The van der Waals surface area contributed by atoms with Crippen molar-refractivity contribution in [3.8, 4) is 5.75 Å². The van der Waals surface area contributed by atoms with E-state index in [2.05, 4.69) is 36.0 Å². The van der Waals surface area contributed by atoms with Crippen LogP contribution in [0.15, 0.2) is 18.2 Å². The van der Waals surface area contributed by atoms with Gasteiger partial charge in [0.25, 0.3) is 5.91 Å². The number of benzene rings is 1. The predicted octanol–water partition coefficient (Wildman–Crippen LogP) is 2.06. The summed E-state index contributed by atoms with van der Waals surface area (Å²) in [6.07, 6.45) is 2.52. The van der Waals surface area contributed by atoms with Crippen LogP contribution in [0.5, 0.6) is 5.75 Å². The lowest BCUT2D eigenvalue weighted by Gasteiger charge is -2.21. The van der Waals surface area contributed by atoms with E-state index < -0.39 is 0 Å². The van der Waals surface area contributed by atoms with Gasteiger partial charge in [0.15, 0.2) is 0 Å². The number of carbonyl (C=O) groups is 1. The molecular weight excluding hydrogens is 278 g/mol. The number of hydrogen-bond acceptors (Lipinski definition) is 4. The van der Waals surface area contributed by atoms with Crippen LogP contribution < -0.4 is 10.2 Å². The van der Waals surface area contributed by atoms with Crippen LogP contribution in [0.4, 0.5) is 5.69 Å². The van der Waals surface area contributed by atoms with Crippen molar-refractivity contribution in [1.82, 2.24) is 10.2 Å². The summed E-state index contributed by atoms with van der Waals surface area (Å²) in [5.41, 5.74) is 1.28. The number of carbonyl (C=O) groups excluding carboxylic acids is 1. The van der Waals surface area contributed by atoms with Crippen LogP contribution in [0.1, 0.15) is 37.0 Å². The quantitative estimate of drug-likeness (QED) is 0.772. The van der Waals surface area contributed by atoms with Crippen LogP contribution >= 0.6 is 0 Å². The van der Waals surface area contributed by atoms with Crippen molar-refractivity contribution in [1.29, 1.82) is 0 Å². The number of nitrogens with one attached hydrogen (secondary N) is 1. The molecule has 2 rings (SSSR count). The van der Waals surface area contributed by atoms with E-state index in [4.69, 9.17) is 0 Å². The molecule has 1 fully saturated rings. The first-order valence-electron chi connectivity index (χ1n) is 8.13. The summed E-state index contributed by atoms with van der Waals surface area (Å²) in [6, 6.07) is 5.94. The SMILES string of the molecule is CCN(CC)c1ccc(C(=O)NCCN(C)C2CC2)c(O)c1. The van der Waals surface area contributed by atoms with Crippen molar-refractivity contribution in [2.24, 2.45) is 0 Å². The largest absolute Gasteiger partial charge is 0.507 e. The molecule has 0 atom stereocenters. The van der Waals surface area contributed by atoms with Gasteiger partial charge in [-0.2, -0.15) is 0 Å². The number of phenolic OH excluding ortho intramolecular Hbond substituents is 1. The molecule has 0 saturated heterocycles. The minimum Gasteiger partial charge on any atom is -0.507 e. The van der Waals surface area contributed by atoms with Gasteiger partial charge in [0, 0.05) is 44.0 Å². The number of anilines is 1. The Hall–Kier alpha value is -1.75. The Morgan fingerprint density at radius 1 is 1.32 bits per heavy atom. The van der Waals surface area contributed by atoms with Gasteiger partial charge in [-0.1, -0.05) is 0 Å². The van der Waals surface area contributed by atoms with Crippen LogP contribution in [0, 0.1) is 0 Å². The fourth-order valence-electron chi connectivity index (χ4n) is 2.64. The Kier molecular flexibility index (Phi) is 5.66. The minimum atomic E-state index is -0.215. The number of likely N-dealkylation sites (N-methyl/N-ethyl adjacent to an activating group) is 1. The lowest BCUT2D eigenvalue weighted by molar-refractivity contribution is 0.0947. The molecule has 5 nitrogen and oxygen atoms in total. The molecule has 0 bridgehead atoms. The van der Waals surface area contributed by atoms with Crippen LogP contribution in [-0.4, -0.2) is 55.2 Å². The molecule has 0 aliphatic heterocycles. The van der Waals surface area contributed by atoms with E-state index in [0.29, 0.717) is 18.2 Å². The van der Waals surface area contributed by atoms with Gasteiger partial charge >= 0.3 is 0 Å². The molecule has 2 N–H and O–H groups in total. The summed E-state index contributed by atoms with van der Waals surface area (Å²) < 4.78 is 0. The van der Waals surface area contributed by atoms with Gasteiger partial charge in [-0.3, -0.25) is 4.79 Å². The average Bonchev–Trinajstić information content (AvgIpc) is 3.33.